The second-order valence-electron chi connectivity index (χ2n) is 9.05. The molecule has 4 rings (SSSR count). The summed E-state index contributed by atoms with van der Waals surface area (Å²) in [5.74, 6) is 0.353. The van der Waals surface area contributed by atoms with E-state index >= 15 is 0 Å². The van der Waals surface area contributed by atoms with E-state index in [-0.39, 0.29) is 17.6 Å². The van der Waals surface area contributed by atoms with Crippen LogP contribution in [0.4, 0.5) is 4.79 Å². The van der Waals surface area contributed by atoms with E-state index < -0.39 is 0 Å². The summed E-state index contributed by atoms with van der Waals surface area (Å²) in [5.41, 5.74) is 2.00. The number of para-hydroxylation sites is 1. The Hall–Kier alpha value is -2.57. The van der Waals surface area contributed by atoms with E-state index in [1.807, 2.05) is 53.4 Å². The predicted octanol–water partition coefficient (Wildman–Crippen LogP) is 2.88. The van der Waals surface area contributed by atoms with Gasteiger partial charge >= 0.3 is 6.03 Å². The number of nitrogens with zero attached hydrogens (tertiary/aromatic N) is 3. The number of nitrogens with one attached hydrogen (secondary N) is 1. The fourth-order valence-electron chi connectivity index (χ4n) is 4.82. The van der Waals surface area contributed by atoms with Crippen molar-refractivity contribution in [2.75, 3.05) is 32.7 Å². The predicted molar refractivity (Wildman–Crippen MR) is 118 cm³/mol. The van der Waals surface area contributed by atoms with Gasteiger partial charge in [0.2, 0.25) is 0 Å². The number of phenols is 1. The monoisotopic (exact) mass is 408 g/mol. The Morgan fingerprint density at radius 1 is 1.07 bits per heavy atom. The first-order chi connectivity index (χ1) is 14.4. The number of hydrogen-bond acceptors (Lipinski definition) is 4. The number of benzene rings is 2. The van der Waals surface area contributed by atoms with Gasteiger partial charge in [-0.2, -0.15) is 0 Å². The van der Waals surface area contributed by atoms with Crippen molar-refractivity contribution < 1.29 is 9.90 Å². The van der Waals surface area contributed by atoms with Crippen LogP contribution in [-0.4, -0.2) is 70.1 Å². The summed E-state index contributed by atoms with van der Waals surface area (Å²) in [4.78, 5) is 19.8. The maximum atomic E-state index is 12.9. The first kappa shape index (κ1) is 20.7. The minimum atomic E-state index is -0.0615. The Balaban J connectivity index is 1.39. The van der Waals surface area contributed by atoms with E-state index in [2.05, 4.69) is 29.0 Å². The molecule has 0 aliphatic carbocycles. The molecule has 2 amide bonds. The first-order valence-corrected chi connectivity index (χ1v) is 10.7. The summed E-state index contributed by atoms with van der Waals surface area (Å²) < 4.78 is 0. The van der Waals surface area contributed by atoms with Crippen LogP contribution in [0, 0.1) is 0 Å². The number of rotatable bonds is 4. The van der Waals surface area contributed by atoms with E-state index in [1.165, 1.54) is 0 Å². The molecule has 2 heterocycles. The van der Waals surface area contributed by atoms with Gasteiger partial charge in [-0.1, -0.05) is 48.5 Å². The van der Waals surface area contributed by atoms with E-state index in [0.717, 1.165) is 50.4 Å². The zero-order valence-electron chi connectivity index (χ0n) is 17.9. The molecule has 2 saturated heterocycles. The van der Waals surface area contributed by atoms with Crippen LogP contribution in [0.3, 0.4) is 0 Å². The normalized spacial score (nSPS) is 21.8. The van der Waals surface area contributed by atoms with Gasteiger partial charge in [0.15, 0.2) is 0 Å². The van der Waals surface area contributed by atoms with Gasteiger partial charge in [-0.05, 0) is 25.5 Å². The smallest absolute Gasteiger partial charge is 0.317 e. The Labute approximate surface area is 179 Å². The van der Waals surface area contributed by atoms with Crippen LogP contribution in [-0.2, 0) is 13.1 Å². The first-order valence-electron chi connectivity index (χ1n) is 10.7. The molecule has 0 saturated carbocycles. The van der Waals surface area contributed by atoms with Crippen molar-refractivity contribution in [2.45, 2.75) is 38.5 Å². The number of amides is 2. The Morgan fingerprint density at radius 3 is 2.57 bits per heavy atom. The summed E-state index contributed by atoms with van der Waals surface area (Å²) in [5, 5.41) is 13.2. The molecule has 0 bridgehead atoms. The number of carbonyl (C=O) groups excluding carboxylic acids is 1. The van der Waals surface area contributed by atoms with Gasteiger partial charge in [0, 0.05) is 63.0 Å². The molecule has 2 aliphatic heterocycles. The molecule has 30 heavy (non-hydrogen) atoms. The zero-order valence-corrected chi connectivity index (χ0v) is 17.9. The van der Waals surface area contributed by atoms with E-state index in [9.17, 15) is 9.90 Å². The number of piperazine rings is 2. The SMILES string of the molecule is CC1(C)CN(C(=O)NCc2ccccc2)C[C@@H]2CN(Cc3ccccc3O)CCN21. The second-order valence-corrected chi connectivity index (χ2v) is 9.05. The van der Waals surface area contributed by atoms with Crippen LogP contribution in [0.5, 0.6) is 5.75 Å². The highest BCUT2D eigenvalue weighted by Crippen LogP contribution is 2.29. The third-order valence-electron chi connectivity index (χ3n) is 6.31. The average Bonchev–Trinajstić information content (AvgIpc) is 2.73. The van der Waals surface area contributed by atoms with Crippen LogP contribution < -0.4 is 5.32 Å². The van der Waals surface area contributed by atoms with Crippen molar-refractivity contribution in [1.29, 1.82) is 0 Å². The summed E-state index contributed by atoms with van der Waals surface area (Å²) in [7, 11) is 0. The fourth-order valence-corrected chi connectivity index (χ4v) is 4.82. The van der Waals surface area contributed by atoms with Gasteiger partial charge in [0.05, 0.1) is 0 Å². The lowest BCUT2D eigenvalue weighted by Crippen LogP contribution is -2.70. The van der Waals surface area contributed by atoms with Gasteiger partial charge in [-0.15, -0.1) is 0 Å². The number of aromatic hydroxyl groups is 1. The van der Waals surface area contributed by atoms with Crippen LogP contribution in [0.2, 0.25) is 0 Å². The molecule has 1 atom stereocenters. The van der Waals surface area contributed by atoms with Gasteiger partial charge in [-0.3, -0.25) is 9.80 Å². The minimum Gasteiger partial charge on any atom is -0.508 e. The molecular weight excluding hydrogens is 376 g/mol. The molecule has 2 N–H and O–H groups in total. The van der Waals surface area contributed by atoms with Crippen molar-refractivity contribution in [3.63, 3.8) is 0 Å². The molecule has 2 fully saturated rings. The fraction of sp³-hybridized carbons (Fsp3) is 0.458. The summed E-state index contributed by atoms with van der Waals surface area (Å²) in [6.45, 7) is 10.0. The van der Waals surface area contributed by atoms with E-state index in [0.29, 0.717) is 12.3 Å². The third kappa shape index (κ3) is 4.60. The maximum Gasteiger partial charge on any atom is 0.317 e. The molecule has 0 unspecified atom stereocenters. The molecule has 0 spiro atoms. The van der Waals surface area contributed by atoms with Crippen molar-refractivity contribution in [1.82, 2.24) is 20.0 Å². The Kier molecular flexibility index (Phi) is 5.97. The quantitative estimate of drug-likeness (QED) is 0.817. The highest BCUT2D eigenvalue weighted by molar-refractivity contribution is 5.74. The summed E-state index contributed by atoms with van der Waals surface area (Å²) in [6, 6.07) is 17.9. The number of hydrogen-bond donors (Lipinski definition) is 2. The highest BCUT2D eigenvalue weighted by Gasteiger charge is 2.43. The number of carbonyl (C=O) groups is 1. The lowest BCUT2D eigenvalue weighted by atomic mass is 9.93. The molecule has 2 aromatic rings. The van der Waals surface area contributed by atoms with Crippen molar-refractivity contribution >= 4 is 6.03 Å². The second kappa shape index (κ2) is 8.66. The maximum absolute atomic E-state index is 12.9. The minimum absolute atomic E-state index is 0.00408. The molecule has 0 radical (unpaired) electrons. The van der Waals surface area contributed by atoms with Gasteiger partial charge in [0.25, 0.3) is 0 Å². The zero-order chi connectivity index (χ0) is 21.1. The van der Waals surface area contributed by atoms with Crippen LogP contribution in [0.1, 0.15) is 25.0 Å². The van der Waals surface area contributed by atoms with Crippen LogP contribution in [0.15, 0.2) is 54.6 Å². The Bertz CT molecular complexity index is 871. The number of phenolic OH excluding ortho intramolecular Hbond substituents is 1. The molecule has 6 heteroatoms. The molecule has 2 aromatic carbocycles. The molecule has 0 aromatic heterocycles. The highest BCUT2D eigenvalue weighted by atomic mass is 16.3. The molecular formula is C24H32N4O2. The molecule has 2 aliphatic rings. The van der Waals surface area contributed by atoms with Crippen molar-refractivity contribution in [3.8, 4) is 5.75 Å². The van der Waals surface area contributed by atoms with Crippen molar-refractivity contribution in [3.05, 3.63) is 65.7 Å². The summed E-state index contributed by atoms with van der Waals surface area (Å²) in [6.07, 6.45) is 0. The largest absolute Gasteiger partial charge is 0.508 e. The van der Waals surface area contributed by atoms with Crippen LogP contribution in [0.25, 0.3) is 0 Å². The van der Waals surface area contributed by atoms with Gasteiger partial charge in [-0.25, -0.2) is 4.79 Å². The molecule has 6 nitrogen and oxygen atoms in total. The standard InChI is InChI=1S/C24H32N4O2/c1-24(2)18-27(23(30)25-14-19-8-4-3-5-9-19)17-21-16-26(12-13-28(21)24)15-20-10-6-7-11-22(20)29/h3-11,21,29H,12-18H2,1-2H3,(H,25,30)/t21-/m0/s1. The molecule has 160 valence electrons. The Morgan fingerprint density at radius 2 is 1.80 bits per heavy atom. The van der Waals surface area contributed by atoms with E-state index in [1.54, 1.807) is 6.07 Å². The summed E-state index contributed by atoms with van der Waals surface area (Å²) >= 11 is 0. The van der Waals surface area contributed by atoms with E-state index in [4.69, 9.17) is 0 Å². The number of fused-ring (bicyclic) bond motifs is 1. The van der Waals surface area contributed by atoms with Gasteiger partial charge < -0.3 is 15.3 Å². The lowest BCUT2D eigenvalue weighted by molar-refractivity contribution is -0.0542. The topological polar surface area (TPSA) is 59.1 Å². The lowest BCUT2D eigenvalue weighted by Gasteiger charge is -2.55. The number of urea groups is 1. The van der Waals surface area contributed by atoms with Gasteiger partial charge in [0.1, 0.15) is 5.75 Å². The average molecular weight is 409 g/mol. The van der Waals surface area contributed by atoms with Crippen molar-refractivity contribution in [2.24, 2.45) is 0 Å². The third-order valence-corrected chi connectivity index (χ3v) is 6.31. The van der Waals surface area contributed by atoms with Crippen LogP contribution >= 0.6 is 0 Å².